The zero-order valence-electron chi connectivity index (χ0n) is 15.9. The Morgan fingerprint density at radius 2 is 1.97 bits per heavy atom. The molecular formula is C20H20N4O3S2. The zero-order valence-corrected chi connectivity index (χ0v) is 17.5. The average Bonchev–Trinajstić information content (AvgIpc) is 3.15. The van der Waals surface area contributed by atoms with Gasteiger partial charge in [-0.25, -0.2) is 4.98 Å². The summed E-state index contributed by atoms with van der Waals surface area (Å²) in [7, 11) is 0. The SMILES string of the molecule is CSc1ccc(C(=O)N2CCN(Cc3nc4ccccc4s3)CC2)cc1[N+](=O)[O-]. The maximum absolute atomic E-state index is 12.8. The van der Waals surface area contributed by atoms with Gasteiger partial charge in [0.15, 0.2) is 0 Å². The van der Waals surface area contributed by atoms with E-state index in [0.717, 1.165) is 30.2 Å². The number of carbonyl (C=O) groups excluding carboxylic acids is 1. The first kappa shape index (κ1) is 19.8. The first-order chi connectivity index (χ1) is 14.0. The van der Waals surface area contributed by atoms with Crippen molar-refractivity contribution in [2.45, 2.75) is 11.4 Å². The molecule has 1 saturated heterocycles. The molecule has 0 unspecified atom stereocenters. The second kappa shape index (κ2) is 8.48. The van der Waals surface area contributed by atoms with Gasteiger partial charge in [0.05, 0.1) is 26.6 Å². The van der Waals surface area contributed by atoms with Crippen LogP contribution in [0.4, 0.5) is 5.69 Å². The number of nitrogens with zero attached hydrogens (tertiary/aromatic N) is 4. The summed E-state index contributed by atoms with van der Waals surface area (Å²) >= 11 is 3.01. The fourth-order valence-corrected chi connectivity index (χ4v) is 4.99. The maximum atomic E-state index is 12.8. The predicted octanol–water partition coefficient (Wildman–Crippen LogP) is 3.88. The van der Waals surface area contributed by atoms with Gasteiger partial charge in [0.1, 0.15) is 5.01 Å². The van der Waals surface area contributed by atoms with Crippen LogP contribution < -0.4 is 0 Å². The summed E-state index contributed by atoms with van der Waals surface area (Å²) < 4.78 is 1.19. The van der Waals surface area contributed by atoms with Crippen LogP contribution in [-0.4, -0.2) is 58.0 Å². The van der Waals surface area contributed by atoms with Crippen molar-refractivity contribution < 1.29 is 9.72 Å². The second-order valence-corrected chi connectivity index (χ2v) is 8.75. The van der Waals surface area contributed by atoms with Gasteiger partial charge in [-0.15, -0.1) is 23.1 Å². The van der Waals surface area contributed by atoms with Gasteiger partial charge in [-0.2, -0.15) is 0 Å². The zero-order chi connectivity index (χ0) is 20.4. The van der Waals surface area contributed by atoms with Crippen LogP contribution in [0.25, 0.3) is 10.2 Å². The number of hydrogen-bond acceptors (Lipinski definition) is 7. The molecule has 2 heterocycles. The van der Waals surface area contributed by atoms with Crippen LogP contribution in [0, 0.1) is 10.1 Å². The molecule has 7 nitrogen and oxygen atoms in total. The quantitative estimate of drug-likeness (QED) is 0.349. The molecule has 1 fully saturated rings. The van der Waals surface area contributed by atoms with E-state index in [4.69, 9.17) is 0 Å². The average molecular weight is 429 g/mol. The molecule has 0 aliphatic carbocycles. The Balaban J connectivity index is 1.39. The van der Waals surface area contributed by atoms with Crippen molar-refractivity contribution in [3.63, 3.8) is 0 Å². The van der Waals surface area contributed by atoms with Crippen LogP contribution in [0.5, 0.6) is 0 Å². The van der Waals surface area contributed by atoms with Gasteiger partial charge in [0, 0.05) is 37.8 Å². The third-order valence-electron chi connectivity index (χ3n) is 4.98. The summed E-state index contributed by atoms with van der Waals surface area (Å²) in [5, 5.41) is 12.3. The van der Waals surface area contributed by atoms with Gasteiger partial charge in [-0.05, 0) is 30.5 Å². The van der Waals surface area contributed by atoms with Crippen molar-refractivity contribution >= 4 is 44.9 Å². The number of amides is 1. The summed E-state index contributed by atoms with van der Waals surface area (Å²) in [4.78, 5) is 33.0. The second-order valence-electron chi connectivity index (χ2n) is 6.79. The maximum Gasteiger partial charge on any atom is 0.283 e. The van der Waals surface area contributed by atoms with Crippen LogP contribution in [0.2, 0.25) is 0 Å². The number of fused-ring (bicyclic) bond motifs is 1. The molecule has 3 aromatic rings. The Hall–Kier alpha value is -2.49. The summed E-state index contributed by atoms with van der Waals surface area (Å²) in [5.41, 5.74) is 1.38. The van der Waals surface area contributed by atoms with E-state index >= 15 is 0 Å². The number of para-hydroxylation sites is 1. The van der Waals surface area contributed by atoms with Crippen LogP contribution >= 0.6 is 23.1 Å². The lowest BCUT2D eigenvalue weighted by Gasteiger charge is -2.34. The Morgan fingerprint density at radius 3 is 2.66 bits per heavy atom. The minimum absolute atomic E-state index is 0.0159. The first-order valence-electron chi connectivity index (χ1n) is 9.23. The molecule has 0 saturated carbocycles. The lowest BCUT2D eigenvalue weighted by molar-refractivity contribution is -0.387. The number of nitro benzene ring substituents is 1. The van der Waals surface area contributed by atoms with Gasteiger partial charge in [-0.1, -0.05) is 12.1 Å². The molecule has 0 radical (unpaired) electrons. The van der Waals surface area contributed by atoms with Crippen molar-refractivity contribution in [2.75, 3.05) is 32.4 Å². The number of thioether (sulfide) groups is 1. The molecule has 2 aromatic carbocycles. The van der Waals surface area contributed by atoms with Crippen molar-refractivity contribution in [2.24, 2.45) is 0 Å². The molecule has 1 amide bonds. The van der Waals surface area contributed by atoms with Crippen molar-refractivity contribution in [1.82, 2.24) is 14.8 Å². The molecular weight excluding hydrogens is 408 g/mol. The minimum atomic E-state index is -0.432. The third kappa shape index (κ3) is 4.26. The molecule has 4 rings (SSSR count). The lowest BCUT2D eigenvalue weighted by Crippen LogP contribution is -2.48. The molecule has 0 spiro atoms. The van der Waals surface area contributed by atoms with E-state index in [9.17, 15) is 14.9 Å². The van der Waals surface area contributed by atoms with E-state index in [1.54, 1.807) is 34.6 Å². The first-order valence-corrected chi connectivity index (χ1v) is 11.3. The van der Waals surface area contributed by atoms with Gasteiger partial charge in [-0.3, -0.25) is 19.8 Å². The molecule has 1 aromatic heterocycles. The standard InChI is InChI=1S/C20H20N4O3S2/c1-28-18-7-6-14(12-16(18)24(26)27)20(25)23-10-8-22(9-11-23)13-19-21-15-4-2-3-5-17(15)29-19/h2-7,12H,8-11,13H2,1H3. The Labute approximate surface area is 176 Å². The predicted molar refractivity (Wildman–Crippen MR) is 116 cm³/mol. The number of thiazole rings is 1. The van der Waals surface area contributed by atoms with Crippen molar-refractivity contribution in [1.29, 1.82) is 0 Å². The van der Waals surface area contributed by atoms with E-state index < -0.39 is 4.92 Å². The fraction of sp³-hybridized carbons (Fsp3) is 0.300. The largest absolute Gasteiger partial charge is 0.336 e. The number of nitro groups is 1. The number of hydrogen-bond donors (Lipinski definition) is 0. The highest BCUT2D eigenvalue weighted by Gasteiger charge is 2.25. The summed E-state index contributed by atoms with van der Waals surface area (Å²) in [6, 6.07) is 12.8. The topological polar surface area (TPSA) is 79.6 Å². The molecule has 0 atom stereocenters. The summed E-state index contributed by atoms with van der Waals surface area (Å²) in [6.45, 7) is 3.48. The Morgan fingerprint density at radius 1 is 1.21 bits per heavy atom. The highest BCUT2D eigenvalue weighted by molar-refractivity contribution is 7.98. The molecule has 0 N–H and O–H groups in total. The monoisotopic (exact) mass is 428 g/mol. The molecule has 29 heavy (non-hydrogen) atoms. The third-order valence-corrected chi connectivity index (χ3v) is 6.79. The lowest BCUT2D eigenvalue weighted by atomic mass is 10.1. The number of carbonyl (C=O) groups is 1. The minimum Gasteiger partial charge on any atom is -0.336 e. The summed E-state index contributed by atoms with van der Waals surface area (Å²) in [5.74, 6) is -0.152. The smallest absolute Gasteiger partial charge is 0.283 e. The number of benzene rings is 2. The highest BCUT2D eigenvalue weighted by atomic mass is 32.2. The van der Waals surface area contributed by atoms with Crippen LogP contribution in [0.1, 0.15) is 15.4 Å². The molecule has 1 aliphatic heterocycles. The highest BCUT2D eigenvalue weighted by Crippen LogP contribution is 2.29. The van der Waals surface area contributed by atoms with E-state index in [2.05, 4.69) is 16.0 Å². The van der Waals surface area contributed by atoms with Gasteiger partial charge < -0.3 is 4.90 Å². The molecule has 9 heteroatoms. The van der Waals surface area contributed by atoms with E-state index in [-0.39, 0.29) is 11.6 Å². The van der Waals surface area contributed by atoms with E-state index in [0.29, 0.717) is 23.5 Å². The van der Waals surface area contributed by atoms with Gasteiger partial charge in [0.2, 0.25) is 0 Å². The molecule has 150 valence electrons. The summed E-state index contributed by atoms with van der Waals surface area (Å²) in [6.07, 6.45) is 1.79. The van der Waals surface area contributed by atoms with Crippen LogP contribution in [0.3, 0.4) is 0 Å². The van der Waals surface area contributed by atoms with Gasteiger partial charge >= 0.3 is 0 Å². The Kier molecular flexibility index (Phi) is 5.79. The van der Waals surface area contributed by atoms with Crippen molar-refractivity contribution in [3.05, 3.63) is 63.1 Å². The molecule has 0 bridgehead atoms. The van der Waals surface area contributed by atoms with Crippen molar-refractivity contribution in [3.8, 4) is 0 Å². The van der Waals surface area contributed by atoms with E-state index in [1.807, 2.05) is 18.2 Å². The van der Waals surface area contributed by atoms with Crippen LogP contribution in [0.15, 0.2) is 47.4 Å². The van der Waals surface area contributed by atoms with Crippen LogP contribution in [-0.2, 0) is 6.54 Å². The fourth-order valence-electron chi connectivity index (χ4n) is 3.44. The van der Waals surface area contributed by atoms with E-state index in [1.165, 1.54) is 22.5 Å². The molecule has 1 aliphatic rings. The number of aromatic nitrogens is 1. The van der Waals surface area contributed by atoms with Gasteiger partial charge in [0.25, 0.3) is 11.6 Å². The normalized spacial score (nSPS) is 15.0. The Bertz CT molecular complexity index is 1030. The number of rotatable bonds is 5. The number of piperazine rings is 1.